The molecule has 0 bridgehead atoms. The molecular weight excluding hydrogens is 318 g/mol. The second-order valence-corrected chi connectivity index (χ2v) is 6.65. The molecule has 2 aromatic carbocycles. The molecular formula is C24H27NO. The first-order valence-electron chi connectivity index (χ1n) is 9.57. The first-order valence-corrected chi connectivity index (χ1v) is 9.57. The van der Waals surface area contributed by atoms with E-state index in [1.165, 1.54) is 30.4 Å². The summed E-state index contributed by atoms with van der Waals surface area (Å²) in [5.41, 5.74) is 4.65. The molecule has 0 spiro atoms. The van der Waals surface area contributed by atoms with Crippen molar-refractivity contribution < 1.29 is 4.74 Å². The fraction of sp³-hybridized carbons (Fsp3) is 0.292. The highest BCUT2D eigenvalue weighted by atomic mass is 16.5. The van der Waals surface area contributed by atoms with Gasteiger partial charge in [0.2, 0.25) is 0 Å². The molecule has 0 saturated heterocycles. The van der Waals surface area contributed by atoms with Gasteiger partial charge in [-0.15, -0.1) is 0 Å². The number of aromatic nitrogens is 1. The molecule has 1 aromatic heterocycles. The molecule has 134 valence electrons. The van der Waals surface area contributed by atoms with Crippen molar-refractivity contribution in [1.29, 1.82) is 0 Å². The fourth-order valence-corrected chi connectivity index (χ4v) is 2.97. The zero-order valence-electron chi connectivity index (χ0n) is 15.5. The van der Waals surface area contributed by atoms with Crippen molar-refractivity contribution in [2.24, 2.45) is 0 Å². The second-order valence-electron chi connectivity index (χ2n) is 6.65. The van der Waals surface area contributed by atoms with Crippen LogP contribution in [0.5, 0.6) is 5.75 Å². The van der Waals surface area contributed by atoms with Gasteiger partial charge in [-0.3, -0.25) is 4.98 Å². The Kier molecular flexibility index (Phi) is 6.83. The van der Waals surface area contributed by atoms with E-state index >= 15 is 0 Å². The quantitative estimate of drug-likeness (QED) is 0.425. The average molecular weight is 345 g/mol. The van der Waals surface area contributed by atoms with Crippen LogP contribution in [0.3, 0.4) is 0 Å². The molecule has 0 fully saturated rings. The van der Waals surface area contributed by atoms with Crippen molar-refractivity contribution in [2.45, 2.75) is 39.0 Å². The molecule has 3 aromatic rings. The number of benzene rings is 2. The number of ether oxygens (including phenoxy) is 1. The minimum Gasteiger partial charge on any atom is -0.494 e. The van der Waals surface area contributed by atoms with E-state index in [-0.39, 0.29) is 0 Å². The van der Waals surface area contributed by atoms with Gasteiger partial charge in [0.1, 0.15) is 5.75 Å². The highest BCUT2D eigenvalue weighted by Crippen LogP contribution is 2.21. The van der Waals surface area contributed by atoms with Gasteiger partial charge in [0.25, 0.3) is 0 Å². The molecule has 1 heterocycles. The number of hydrogen-bond acceptors (Lipinski definition) is 2. The highest BCUT2D eigenvalue weighted by Gasteiger charge is 2.02. The van der Waals surface area contributed by atoms with Crippen molar-refractivity contribution >= 4 is 0 Å². The van der Waals surface area contributed by atoms with Crippen LogP contribution in [-0.2, 0) is 6.42 Å². The number of unbranched alkanes of at least 4 members (excludes halogenated alkanes) is 3. The molecule has 0 aliphatic carbocycles. The lowest BCUT2D eigenvalue weighted by atomic mass is 10.1. The molecule has 0 amide bonds. The van der Waals surface area contributed by atoms with E-state index in [2.05, 4.69) is 60.4 Å². The van der Waals surface area contributed by atoms with Crippen LogP contribution in [0.4, 0.5) is 0 Å². The maximum Gasteiger partial charge on any atom is 0.119 e. The van der Waals surface area contributed by atoms with Gasteiger partial charge in [0, 0.05) is 11.8 Å². The summed E-state index contributed by atoms with van der Waals surface area (Å²) in [7, 11) is 0. The molecule has 2 nitrogen and oxygen atoms in total. The third-order valence-electron chi connectivity index (χ3n) is 4.49. The zero-order valence-corrected chi connectivity index (χ0v) is 15.5. The molecule has 2 heteroatoms. The highest BCUT2D eigenvalue weighted by molar-refractivity contribution is 5.60. The summed E-state index contributed by atoms with van der Waals surface area (Å²) >= 11 is 0. The Morgan fingerprint density at radius 1 is 0.769 bits per heavy atom. The predicted octanol–water partition coefficient (Wildman–Crippen LogP) is 6.30. The van der Waals surface area contributed by atoms with Gasteiger partial charge in [-0.2, -0.15) is 0 Å². The van der Waals surface area contributed by atoms with Gasteiger partial charge in [-0.25, -0.2) is 0 Å². The van der Waals surface area contributed by atoms with E-state index < -0.39 is 0 Å². The third-order valence-corrected chi connectivity index (χ3v) is 4.49. The minimum absolute atomic E-state index is 0.797. The molecule has 0 N–H and O–H groups in total. The minimum atomic E-state index is 0.797. The van der Waals surface area contributed by atoms with Crippen molar-refractivity contribution in [3.8, 4) is 17.0 Å². The first-order chi connectivity index (χ1) is 12.8. The lowest BCUT2D eigenvalue weighted by Gasteiger charge is -2.08. The normalized spacial score (nSPS) is 10.7. The largest absolute Gasteiger partial charge is 0.494 e. The molecule has 0 saturated carbocycles. The SMILES string of the molecule is CCCCCCOc1ccc(-c2ccc(Cc3ccccc3)cn2)cc1. The third kappa shape index (κ3) is 5.45. The Morgan fingerprint density at radius 2 is 1.58 bits per heavy atom. The van der Waals surface area contributed by atoms with Gasteiger partial charge in [0.05, 0.1) is 12.3 Å². The van der Waals surface area contributed by atoms with E-state index in [9.17, 15) is 0 Å². The van der Waals surface area contributed by atoms with E-state index in [1.807, 2.05) is 24.4 Å². The zero-order chi connectivity index (χ0) is 18.0. The van der Waals surface area contributed by atoms with E-state index in [0.717, 1.165) is 36.5 Å². The second kappa shape index (κ2) is 9.76. The van der Waals surface area contributed by atoms with Gasteiger partial charge >= 0.3 is 0 Å². The summed E-state index contributed by atoms with van der Waals surface area (Å²) in [5.74, 6) is 0.936. The van der Waals surface area contributed by atoms with E-state index in [4.69, 9.17) is 4.74 Å². The van der Waals surface area contributed by atoms with Gasteiger partial charge < -0.3 is 4.74 Å². The summed E-state index contributed by atoms with van der Waals surface area (Å²) in [4.78, 5) is 4.63. The molecule has 0 aliphatic heterocycles. The van der Waals surface area contributed by atoms with Crippen molar-refractivity contribution in [2.75, 3.05) is 6.61 Å². The van der Waals surface area contributed by atoms with Crippen LogP contribution < -0.4 is 4.74 Å². The van der Waals surface area contributed by atoms with E-state index in [1.54, 1.807) is 0 Å². The molecule has 3 rings (SSSR count). The maximum atomic E-state index is 5.81. The van der Waals surface area contributed by atoms with Crippen LogP contribution >= 0.6 is 0 Å². The van der Waals surface area contributed by atoms with Crippen LogP contribution in [0.1, 0.15) is 43.7 Å². The summed E-state index contributed by atoms with van der Waals surface area (Å²) in [5, 5.41) is 0. The standard InChI is InChI=1S/C24H27NO/c1-2-3-4-8-17-26-23-14-12-22(13-15-23)24-16-11-21(19-25-24)18-20-9-6-5-7-10-20/h5-7,9-16,19H,2-4,8,17-18H2,1H3. The summed E-state index contributed by atoms with van der Waals surface area (Å²) in [6.45, 7) is 3.02. The molecule has 0 unspecified atom stereocenters. The van der Waals surface area contributed by atoms with Crippen molar-refractivity contribution in [1.82, 2.24) is 4.98 Å². The van der Waals surface area contributed by atoms with Crippen LogP contribution in [0.2, 0.25) is 0 Å². The maximum absolute atomic E-state index is 5.81. The number of hydrogen-bond donors (Lipinski definition) is 0. The van der Waals surface area contributed by atoms with Crippen molar-refractivity contribution in [3.05, 3.63) is 84.1 Å². The number of rotatable bonds is 9. The number of nitrogens with zero attached hydrogens (tertiary/aromatic N) is 1. The monoisotopic (exact) mass is 345 g/mol. The predicted molar refractivity (Wildman–Crippen MR) is 109 cm³/mol. The molecule has 26 heavy (non-hydrogen) atoms. The lowest BCUT2D eigenvalue weighted by Crippen LogP contribution is -1.97. The Balaban J connectivity index is 1.55. The van der Waals surface area contributed by atoms with Crippen LogP contribution in [-0.4, -0.2) is 11.6 Å². The summed E-state index contributed by atoms with van der Waals surface area (Å²) in [6.07, 6.45) is 7.80. The Labute approximate surface area is 156 Å². The van der Waals surface area contributed by atoms with Gasteiger partial charge in [0.15, 0.2) is 0 Å². The number of pyridine rings is 1. The van der Waals surface area contributed by atoms with Crippen LogP contribution in [0, 0.1) is 0 Å². The Hall–Kier alpha value is -2.61. The van der Waals surface area contributed by atoms with E-state index in [0.29, 0.717) is 0 Å². The lowest BCUT2D eigenvalue weighted by molar-refractivity contribution is 0.305. The van der Waals surface area contributed by atoms with Gasteiger partial charge in [-0.05, 0) is 54.3 Å². The molecule has 0 radical (unpaired) electrons. The Bertz CT molecular complexity index is 764. The van der Waals surface area contributed by atoms with Crippen molar-refractivity contribution in [3.63, 3.8) is 0 Å². The first kappa shape index (κ1) is 18.2. The summed E-state index contributed by atoms with van der Waals surface area (Å²) < 4.78 is 5.81. The van der Waals surface area contributed by atoms with Crippen LogP contribution in [0.15, 0.2) is 72.9 Å². The fourth-order valence-electron chi connectivity index (χ4n) is 2.97. The Morgan fingerprint density at radius 3 is 2.27 bits per heavy atom. The van der Waals surface area contributed by atoms with Crippen LogP contribution in [0.25, 0.3) is 11.3 Å². The summed E-state index contributed by atoms with van der Waals surface area (Å²) in [6, 6.07) is 23.0. The average Bonchev–Trinajstić information content (AvgIpc) is 2.70. The topological polar surface area (TPSA) is 22.1 Å². The molecule has 0 atom stereocenters. The molecule has 0 aliphatic rings. The van der Waals surface area contributed by atoms with Gasteiger partial charge in [-0.1, -0.05) is 62.6 Å². The smallest absolute Gasteiger partial charge is 0.119 e.